The maximum Gasteiger partial charge on any atom is 0.214 e. The third-order valence-corrected chi connectivity index (χ3v) is 1.44. The molecule has 0 bridgehead atoms. The molecule has 1 rings (SSSR count). The van der Waals surface area contributed by atoms with Crippen molar-refractivity contribution in [1.29, 1.82) is 0 Å². The van der Waals surface area contributed by atoms with Crippen LogP contribution in [0.3, 0.4) is 0 Å². The van der Waals surface area contributed by atoms with Gasteiger partial charge in [0.1, 0.15) is 6.56 Å². The lowest BCUT2D eigenvalue weighted by molar-refractivity contribution is 0.143. The van der Waals surface area contributed by atoms with E-state index in [4.69, 9.17) is 14.3 Å². The molecule has 0 radical (unpaired) electrons. The van der Waals surface area contributed by atoms with Gasteiger partial charge in [-0.1, -0.05) is 15.9 Å². The Labute approximate surface area is 89.7 Å². The van der Waals surface area contributed by atoms with E-state index < -0.39 is 20.2 Å². The summed E-state index contributed by atoms with van der Waals surface area (Å²) in [6, 6.07) is 2.87. The lowest BCUT2D eigenvalue weighted by atomic mass is 10.5. The van der Waals surface area contributed by atoms with Crippen molar-refractivity contribution in [3.05, 3.63) is 22.8 Å². The van der Waals surface area contributed by atoms with Crippen LogP contribution in [-0.4, -0.2) is 25.1 Å². The summed E-state index contributed by atoms with van der Waals surface area (Å²) in [5.74, 6) is -0.211. The third-order valence-electron chi connectivity index (χ3n) is 0.945. The van der Waals surface area contributed by atoms with Crippen molar-refractivity contribution in [3.8, 4) is 5.88 Å². The molecule has 1 aromatic rings. The monoisotopic (exact) mass is 238 g/mol. The number of ether oxygens (including phenoxy) is 2. The van der Waals surface area contributed by atoms with Crippen molar-refractivity contribution < 1.29 is 19.1 Å². The molecule has 0 aliphatic heterocycles. The fourth-order valence-electron chi connectivity index (χ4n) is 0.535. The van der Waals surface area contributed by atoms with Crippen LogP contribution in [0.2, 0.25) is 0 Å². The van der Waals surface area contributed by atoms with Crippen LogP contribution in [-0.2, 0) is 4.74 Å². The lowest BCUT2D eigenvalue weighted by Gasteiger charge is -2.03. The highest BCUT2D eigenvalue weighted by molar-refractivity contribution is 9.10. The highest BCUT2D eigenvalue weighted by atomic mass is 79.9. The van der Waals surface area contributed by atoms with Crippen molar-refractivity contribution >= 4 is 15.9 Å². The Morgan fingerprint density at radius 3 is 3.42 bits per heavy atom. The number of pyridine rings is 1. The van der Waals surface area contributed by atoms with Gasteiger partial charge < -0.3 is 9.47 Å². The normalized spacial score (nSPS) is 21.9. The molecule has 1 heterocycles. The largest absolute Gasteiger partial charge is 0.475 e. The first-order chi connectivity index (χ1) is 8.43. The second-order valence-electron chi connectivity index (χ2n) is 1.72. The van der Waals surface area contributed by atoms with Crippen LogP contribution < -0.4 is 4.74 Å². The Balaban J connectivity index is 2.91. The predicted octanol–water partition coefficient (Wildman–Crippen LogP) is 1.87. The molecule has 12 heavy (non-hydrogen) atoms. The first kappa shape index (κ1) is 3.64. The first-order valence-electron chi connectivity index (χ1n) is 6.44. The van der Waals surface area contributed by atoms with Gasteiger partial charge in [-0.25, -0.2) is 4.98 Å². The van der Waals surface area contributed by atoms with Crippen molar-refractivity contribution in [1.82, 2.24) is 4.98 Å². The topological polar surface area (TPSA) is 31.4 Å². The molecule has 66 valence electrons. The number of hydrogen-bond donors (Lipinski definition) is 0. The highest BCUT2D eigenvalue weighted by Gasteiger charge is 1.94. The molecule has 0 aliphatic carbocycles. The fourth-order valence-corrected chi connectivity index (χ4v) is 0.849. The van der Waals surface area contributed by atoms with E-state index >= 15 is 0 Å². The summed E-state index contributed by atoms with van der Waals surface area (Å²) in [7, 11) is -3.09. The van der Waals surface area contributed by atoms with Crippen LogP contribution in [0.1, 0.15) is 9.60 Å². The van der Waals surface area contributed by atoms with E-state index in [1.807, 2.05) is 0 Å². The van der Waals surface area contributed by atoms with Gasteiger partial charge in [-0.2, -0.15) is 0 Å². The second kappa shape index (κ2) is 5.11. The van der Waals surface area contributed by atoms with E-state index in [0.717, 1.165) is 0 Å². The summed E-state index contributed by atoms with van der Waals surface area (Å²) < 4.78 is 59.4. The van der Waals surface area contributed by atoms with Gasteiger partial charge >= 0.3 is 0 Å². The van der Waals surface area contributed by atoms with Gasteiger partial charge in [0, 0.05) is 23.8 Å². The SMILES string of the molecule is [2H]C([2H])([2H])OC([2H])([2H])C([2H])([2H])Oc1cc(Br)ccn1. The van der Waals surface area contributed by atoms with Crippen LogP contribution in [0, 0.1) is 0 Å². The van der Waals surface area contributed by atoms with Crippen molar-refractivity contribution in [2.75, 3.05) is 20.2 Å². The average Bonchev–Trinajstić information content (AvgIpc) is 2.12. The van der Waals surface area contributed by atoms with Crippen LogP contribution in [0.4, 0.5) is 0 Å². The summed E-state index contributed by atoms with van der Waals surface area (Å²) in [5.41, 5.74) is 0. The van der Waals surface area contributed by atoms with Crippen molar-refractivity contribution in [2.24, 2.45) is 0 Å². The molecule has 0 aliphatic rings. The highest BCUT2D eigenvalue weighted by Crippen LogP contribution is 2.14. The van der Waals surface area contributed by atoms with E-state index in [0.29, 0.717) is 4.47 Å². The minimum Gasteiger partial charge on any atom is -0.475 e. The molecule has 0 spiro atoms. The minimum atomic E-state index is -3.18. The van der Waals surface area contributed by atoms with E-state index in [1.165, 1.54) is 12.3 Å². The third kappa shape index (κ3) is 3.19. The maximum absolute atomic E-state index is 7.46. The number of rotatable bonds is 4. The molecule has 4 heteroatoms. The Morgan fingerprint density at radius 1 is 1.75 bits per heavy atom. The van der Waals surface area contributed by atoms with Crippen molar-refractivity contribution in [3.63, 3.8) is 0 Å². The zero-order valence-electron chi connectivity index (χ0n) is 12.9. The summed E-state index contributed by atoms with van der Waals surface area (Å²) >= 11 is 3.11. The molecule has 0 amide bonds. The van der Waals surface area contributed by atoms with Gasteiger partial charge in [-0.15, -0.1) is 0 Å². The Hall–Kier alpha value is -0.610. The summed E-state index contributed by atoms with van der Waals surface area (Å²) in [6.45, 7) is -6.21. The molecule has 0 unspecified atom stereocenters. The summed E-state index contributed by atoms with van der Waals surface area (Å²) in [6.07, 6.45) is 1.32. The molecule has 0 N–H and O–H groups in total. The van der Waals surface area contributed by atoms with E-state index in [-0.39, 0.29) is 5.88 Å². The molecule has 0 saturated carbocycles. The fraction of sp³-hybridized carbons (Fsp3) is 0.375. The van der Waals surface area contributed by atoms with Gasteiger partial charge in [-0.3, -0.25) is 0 Å². The zero-order valence-corrected chi connectivity index (χ0v) is 7.46. The second-order valence-corrected chi connectivity index (χ2v) is 2.64. The molecule has 0 fully saturated rings. The van der Waals surface area contributed by atoms with Gasteiger partial charge in [0.25, 0.3) is 0 Å². The Morgan fingerprint density at radius 2 is 2.67 bits per heavy atom. The van der Waals surface area contributed by atoms with E-state index in [9.17, 15) is 0 Å². The quantitative estimate of drug-likeness (QED) is 0.803. The number of hydrogen-bond acceptors (Lipinski definition) is 3. The number of nitrogens with zero attached hydrogens (tertiary/aromatic N) is 1. The predicted molar refractivity (Wildman–Crippen MR) is 49.3 cm³/mol. The van der Waals surface area contributed by atoms with E-state index in [1.54, 1.807) is 6.07 Å². The van der Waals surface area contributed by atoms with Crippen molar-refractivity contribution in [2.45, 2.75) is 0 Å². The maximum atomic E-state index is 7.46. The molecule has 0 atom stereocenters. The minimum absolute atomic E-state index is 0.211. The first-order valence-corrected chi connectivity index (χ1v) is 3.73. The summed E-state index contributed by atoms with van der Waals surface area (Å²) in [4.78, 5) is 3.68. The van der Waals surface area contributed by atoms with Crippen LogP contribution >= 0.6 is 15.9 Å². The Kier molecular flexibility index (Phi) is 1.55. The number of halogens is 1. The molecular formula is C8H10BrNO2. The number of methoxy groups -OCH3 is 1. The van der Waals surface area contributed by atoms with Crippen LogP contribution in [0.25, 0.3) is 0 Å². The molecule has 3 nitrogen and oxygen atoms in total. The van der Waals surface area contributed by atoms with Gasteiger partial charge in [-0.05, 0) is 6.07 Å². The molecule has 0 aromatic carbocycles. The molecule has 0 saturated heterocycles. The van der Waals surface area contributed by atoms with E-state index in [2.05, 4.69) is 25.7 Å². The summed E-state index contributed by atoms with van der Waals surface area (Å²) in [5, 5.41) is 0. The Bertz CT molecular complexity index is 451. The van der Waals surface area contributed by atoms with Crippen LogP contribution in [0.5, 0.6) is 5.88 Å². The molecular weight excluding hydrogens is 222 g/mol. The number of aromatic nitrogens is 1. The lowest BCUT2D eigenvalue weighted by Crippen LogP contribution is -2.04. The smallest absolute Gasteiger partial charge is 0.214 e. The standard InChI is InChI=1S/C8H10BrNO2/c1-11-4-5-12-8-6-7(9)2-3-10-8/h2-3,6H,4-5H2,1H3/i1D3,4D2,5D2. The van der Waals surface area contributed by atoms with Gasteiger partial charge in [0.2, 0.25) is 5.88 Å². The van der Waals surface area contributed by atoms with Gasteiger partial charge in [0.05, 0.1) is 16.2 Å². The van der Waals surface area contributed by atoms with Gasteiger partial charge in [0.15, 0.2) is 0 Å². The molecule has 1 aromatic heterocycles. The van der Waals surface area contributed by atoms with Crippen LogP contribution in [0.15, 0.2) is 22.8 Å². The average molecular weight is 239 g/mol. The zero-order chi connectivity index (χ0) is 14.9.